The molecule has 2 heterocycles. The number of aromatic nitrogens is 1. The molecule has 0 amide bonds. The van der Waals surface area contributed by atoms with Gasteiger partial charge in [-0.05, 0) is 106 Å². The zero-order valence-electron chi connectivity index (χ0n) is 29.4. The van der Waals surface area contributed by atoms with Crippen LogP contribution in [0.3, 0.4) is 0 Å². The van der Waals surface area contributed by atoms with Crippen molar-refractivity contribution in [2.45, 2.75) is 88.9 Å². The molecule has 0 saturated carbocycles. The molecule has 5 rings (SSSR count). The van der Waals surface area contributed by atoms with Crippen LogP contribution in [0.2, 0.25) is 10.0 Å². The van der Waals surface area contributed by atoms with Crippen molar-refractivity contribution >= 4 is 49.8 Å². The summed E-state index contributed by atoms with van der Waals surface area (Å²) in [6, 6.07) is 22.4. The lowest BCUT2D eigenvalue weighted by Crippen LogP contribution is -2.47. The van der Waals surface area contributed by atoms with E-state index in [0.29, 0.717) is 38.6 Å². The number of nitrogens with zero attached hydrogens (tertiary/aromatic N) is 2. The fourth-order valence-electron chi connectivity index (χ4n) is 6.56. The first-order chi connectivity index (χ1) is 23.8. The van der Waals surface area contributed by atoms with E-state index in [1.165, 1.54) is 6.07 Å². The van der Waals surface area contributed by atoms with Crippen LogP contribution in [0.5, 0.6) is 0 Å². The summed E-state index contributed by atoms with van der Waals surface area (Å²) in [6.45, 7) is 9.97. The molecule has 51 heavy (non-hydrogen) atoms. The van der Waals surface area contributed by atoms with E-state index in [-0.39, 0.29) is 49.1 Å². The first-order valence-corrected chi connectivity index (χ1v) is 19.2. The Morgan fingerprint density at radius 3 is 1.90 bits per heavy atom. The van der Waals surface area contributed by atoms with Crippen LogP contribution < -0.4 is 10.9 Å². The van der Waals surface area contributed by atoms with Crippen molar-refractivity contribution < 1.29 is 26.3 Å². The Labute approximate surface area is 307 Å². The molecule has 3 aromatic carbocycles. The van der Waals surface area contributed by atoms with Gasteiger partial charge >= 0.3 is 15.5 Å². The van der Waals surface area contributed by atoms with Gasteiger partial charge in [0.2, 0.25) is 0 Å². The Bertz CT molecular complexity index is 1960. The van der Waals surface area contributed by atoms with E-state index in [1.807, 2.05) is 94.4 Å². The molecular formula is C38H44Cl2F3N3O4S. The minimum atomic E-state index is -5.43. The second-order valence-corrected chi connectivity index (χ2v) is 17.1. The number of nitrogens with one attached hydrogen (secondary N) is 1. The largest absolute Gasteiger partial charge is 0.511 e. The zero-order chi connectivity index (χ0) is 37.4. The van der Waals surface area contributed by atoms with Gasteiger partial charge in [-0.15, -0.1) is 0 Å². The van der Waals surface area contributed by atoms with Gasteiger partial charge in [-0.25, -0.2) is 8.42 Å². The summed E-state index contributed by atoms with van der Waals surface area (Å²) >= 11 is 12.5. The molecular weight excluding hydrogens is 722 g/mol. The number of pyridine rings is 1. The van der Waals surface area contributed by atoms with Crippen LogP contribution in [0.15, 0.2) is 77.6 Å². The highest BCUT2D eigenvalue weighted by molar-refractivity contribution is 7.90. The van der Waals surface area contributed by atoms with Gasteiger partial charge in [0.05, 0.1) is 11.1 Å². The maximum absolute atomic E-state index is 14.0. The van der Waals surface area contributed by atoms with Gasteiger partial charge in [0, 0.05) is 64.4 Å². The summed E-state index contributed by atoms with van der Waals surface area (Å²) in [5.74, 6) is -0.231. The molecule has 1 N–H and O–H groups in total. The summed E-state index contributed by atoms with van der Waals surface area (Å²) in [7, 11) is -5.43. The second-order valence-electron chi connectivity index (χ2n) is 14.3. The van der Waals surface area contributed by atoms with Gasteiger partial charge < -0.3 is 14.6 Å². The Kier molecular flexibility index (Phi) is 11.6. The Morgan fingerprint density at radius 2 is 1.39 bits per heavy atom. The number of alkyl halides is 3. The number of anilines is 1. The number of hydrogen-bond donors (Lipinski definition) is 1. The molecule has 0 atom stereocenters. The molecule has 1 fully saturated rings. The van der Waals surface area contributed by atoms with Crippen molar-refractivity contribution in [1.82, 2.24) is 8.87 Å². The molecule has 7 nitrogen and oxygen atoms in total. The summed E-state index contributed by atoms with van der Waals surface area (Å²) in [5.41, 5.74) is -2.47. The molecule has 1 aliphatic heterocycles. The lowest BCUT2D eigenvalue weighted by atomic mass is 9.84. The number of hydrogen-bond acceptors (Lipinski definition) is 5. The number of fused-ring (bicyclic) bond motifs is 1. The average molecular weight is 767 g/mol. The number of rotatable bonds is 12. The SMILES string of the molecule is CCC(C)(C)OCCC(C)(C)n1c(=O)cc(NC2CCN(S(=O)(=O)C(F)(F)F)CC2)c2cc(C(c3ccc(Cl)cc3)c3ccc(Cl)cc3)ccc21. The molecule has 0 bridgehead atoms. The van der Waals surface area contributed by atoms with Gasteiger partial charge in [-0.3, -0.25) is 4.79 Å². The highest BCUT2D eigenvalue weighted by atomic mass is 35.5. The molecule has 276 valence electrons. The first kappa shape index (κ1) is 39.1. The maximum atomic E-state index is 14.0. The molecule has 0 radical (unpaired) electrons. The maximum Gasteiger partial charge on any atom is 0.511 e. The fourth-order valence-corrected chi connectivity index (χ4v) is 7.79. The summed E-state index contributed by atoms with van der Waals surface area (Å²) in [4.78, 5) is 14.0. The minimum absolute atomic E-state index is 0.133. The van der Waals surface area contributed by atoms with Crippen LogP contribution in [0.1, 0.15) is 82.9 Å². The van der Waals surface area contributed by atoms with Gasteiger partial charge in [-0.2, -0.15) is 17.5 Å². The number of halogens is 5. The Morgan fingerprint density at radius 1 is 0.863 bits per heavy atom. The number of sulfonamides is 1. The van der Waals surface area contributed by atoms with E-state index in [0.717, 1.165) is 28.5 Å². The van der Waals surface area contributed by atoms with E-state index in [2.05, 4.69) is 12.2 Å². The van der Waals surface area contributed by atoms with E-state index in [4.69, 9.17) is 27.9 Å². The Hall–Kier alpha value is -3.09. The number of piperidine rings is 1. The van der Waals surface area contributed by atoms with Crippen LogP contribution >= 0.6 is 23.2 Å². The molecule has 0 aliphatic carbocycles. The third-order valence-corrected chi connectivity index (χ3v) is 12.0. The number of ether oxygens (including phenoxy) is 1. The molecule has 1 aliphatic rings. The predicted octanol–water partition coefficient (Wildman–Crippen LogP) is 9.54. The van der Waals surface area contributed by atoms with Crippen molar-refractivity contribution in [1.29, 1.82) is 0 Å². The van der Waals surface area contributed by atoms with Crippen LogP contribution in [0.25, 0.3) is 10.9 Å². The number of benzene rings is 3. The van der Waals surface area contributed by atoms with Gasteiger partial charge in [0.25, 0.3) is 5.56 Å². The quantitative estimate of drug-likeness (QED) is 0.145. The van der Waals surface area contributed by atoms with Crippen LogP contribution in [-0.4, -0.2) is 54.1 Å². The highest BCUT2D eigenvalue weighted by Crippen LogP contribution is 2.38. The molecule has 0 unspecified atom stereocenters. The summed E-state index contributed by atoms with van der Waals surface area (Å²) in [5, 5.41) is 5.36. The zero-order valence-corrected chi connectivity index (χ0v) is 31.7. The van der Waals surface area contributed by atoms with Crippen LogP contribution in [0, 0.1) is 0 Å². The van der Waals surface area contributed by atoms with Gasteiger partial charge in [-0.1, -0.05) is 60.5 Å². The summed E-state index contributed by atoms with van der Waals surface area (Å²) in [6.07, 6.45) is 1.66. The normalized spacial score (nSPS) is 15.5. The molecule has 4 aromatic rings. The van der Waals surface area contributed by atoms with Gasteiger partial charge in [0.15, 0.2) is 0 Å². The van der Waals surface area contributed by atoms with Crippen molar-refractivity contribution in [3.63, 3.8) is 0 Å². The second kappa shape index (κ2) is 15.1. The van der Waals surface area contributed by atoms with Gasteiger partial charge in [0.1, 0.15) is 0 Å². The van der Waals surface area contributed by atoms with E-state index >= 15 is 0 Å². The smallest absolute Gasteiger partial charge is 0.382 e. The lowest BCUT2D eigenvalue weighted by Gasteiger charge is -2.34. The molecule has 1 aromatic heterocycles. The molecule has 0 spiro atoms. The summed E-state index contributed by atoms with van der Waals surface area (Å²) < 4.78 is 72.3. The lowest BCUT2D eigenvalue weighted by molar-refractivity contribution is -0.0494. The highest BCUT2D eigenvalue weighted by Gasteiger charge is 2.50. The predicted molar refractivity (Wildman–Crippen MR) is 200 cm³/mol. The third-order valence-electron chi connectivity index (χ3n) is 9.89. The fraction of sp³-hybridized carbons (Fsp3) is 0.447. The first-order valence-electron chi connectivity index (χ1n) is 17.0. The average Bonchev–Trinajstić information content (AvgIpc) is 3.06. The monoisotopic (exact) mass is 765 g/mol. The molecule has 1 saturated heterocycles. The van der Waals surface area contributed by atoms with Crippen molar-refractivity contribution in [2.24, 2.45) is 0 Å². The van der Waals surface area contributed by atoms with Crippen molar-refractivity contribution in [3.8, 4) is 0 Å². The van der Waals surface area contributed by atoms with Crippen LogP contribution in [-0.2, 0) is 20.3 Å². The van der Waals surface area contributed by atoms with E-state index in [9.17, 15) is 26.4 Å². The van der Waals surface area contributed by atoms with E-state index < -0.39 is 21.1 Å². The standard InChI is InChI=1S/C38H44Cl2F3N3O4S/c1-6-37(4,5)50-22-19-36(2,3)46-33-16-11-27(35(25-7-12-28(39)13-8-25)26-9-14-29(40)15-10-26)23-31(33)32(24-34(46)47)44-30-17-20-45(21-18-30)51(48,49)38(41,42)43/h7-16,23-24,30,35,44H,6,17-22H2,1-5H3. The van der Waals surface area contributed by atoms with Crippen molar-refractivity contribution in [3.05, 3.63) is 110 Å². The van der Waals surface area contributed by atoms with Crippen molar-refractivity contribution in [2.75, 3.05) is 25.0 Å². The molecule has 13 heteroatoms. The third kappa shape index (κ3) is 8.76. The minimum Gasteiger partial charge on any atom is -0.382 e. The Balaban J connectivity index is 1.60. The topological polar surface area (TPSA) is 80.6 Å². The van der Waals surface area contributed by atoms with E-state index in [1.54, 1.807) is 4.57 Å². The van der Waals surface area contributed by atoms with Crippen LogP contribution in [0.4, 0.5) is 18.9 Å².